The Morgan fingerprint density at radius 3 is 2.81 bits per heavy atom. The van der Waals surface area contributed by atoms with E-state index in [2.05, 4.69) is 41.3 Å². The van der Waals surface area contributed by atoms with Gasteiger partial charge in [-0.25, -0.2) is 0 Å². The molecule has 1 aromatic rings. The summed E-state index contributed by atoms with van der Waals surface area (Å²) in [5.41, 5.74) is 2.59. The third kappa shape index (κ3) is 3.71. The first kappa shape index (κ1) is 15.1. The summed E-state index contributed by atoms with van der Waals surface area (Å²) in [6, 6.07) is 7.68. The van der Waals surface area contributed by atoms with E-state index >= 15 is 0 Å². The van der Waals surface area contributed by atoms with Gasteiger partial charge in [-0.3, -0.25) is 0 Å². The predicted molar refractivity (Wildman–Crippen MR) is 90.2 cm³/mol. The van der Waals surface area contributed by atoms with Crippen LogP contribution in [0.5, 0.6) is 0 Å². The molecule has 2 aliphatic rings. The fourth-order valence-electron chi connectivity index (χ4n) is 3.15. The molecule has 0 spiro atoms. The van der Waals surface area contributed by atoms with Gasteiger partial charge in [-0.15, -0.1) is 0 Å². The highest BCUT2D eigenvalue weighted by Crippen LogP contribution is 2.31. The molecule has 1 atom stereocenters. The Kier molecular flexibility index (Phi) is 4.72. The molecule has 3 rings (SSSR count). The number of nitrogens with one attached hydrogen (secondary N) is 1. The van der Waals surface area contributed by atoms with Crippen molar-refractivity contribution in [2.45, 2.75) is 44.3 Å². The number of anilines is 1. The molecular formula is C17H26ClN3. The average molecular weight is 308 g/mol. The van der Waals surface area contributed by atoms with Crippen LogP contribution in [0.4, 0.5) is 5.69 Å². The number of likely N-dealkylation sites (N-methyl/N-ethyl adjacent to an activating group) is 1. The molecule has 2 fully saturated rings. The van der Waals surface area contributed by atoms with Crippen LogP contribution in [0.2, 0.25) is 5.02 Å². The molecule has 1 aliphatic carbocycles. The zero-order valence-corrected chi connectivity index (χ0v) is 13.9. The number of piperidine rings is 1. The smallest absolute Gasteiger partial charge is 0.0471 e. The fraction of sp³-hybridized carbons (Fsp3) is 0.647. The SMILES string of the molecule is CN(C)C1CCCN(c2cccc(Cl)c2CNC2CC2)C1. The molecule has 0 radical (unpaired) electrons. The molecule has 1 saturated heterocycles. The highest BCUT2D eigenvalue weighted by Gasteiger charge is 2.25. The van der Waals surface area contributed by atoms with Gasteiger partial charge in [0.25, 0.3) is 0 Å². The van der Waals surface area contributed by atoms with Gasteiger partial charge in [0.1, 0.15) is 0 Å². The molecule has 0 aromatic heterocycles. The standard InChI is InChI=1S/C17H26ClN3/c1-20(2)14-5-4-10-21(12-14)17-7-3-6-16(18)15(17)11-19-13-8-9-13/h3,6-7,13-14,19H,4-5,8-12H2,1-2H3. The Bertz CT molecular complexity index is 485. The summed E-state index contributed by atoms with van der Waals surface area (Å²) in [7, 11) is 4.36. The number of nitrogens with zero attached hydrogens (tertiary/aromatic N) is 2. The normalized spacial score (nSPS) is 22.9. The number of rotatable bonds is 5. The molecule has 1 aliphatic heterocycles. The summed E-state index contributed by atoms with van der Waals surface area (Å²) >= 11 is 6.47. The Morgan fingerprint density at radius 2 is 2.10 bits per heavy atom. The second-order valence-corrected chi connectivity index (χ2v) is 7.01. The summed E-state index contributed by atoms with van der Waals surface area (Å²) < 4.78 is 0. The van der Waals surface area contributed by atoms with Crippen LogP contribution >= 0.6 is 11.6 Å². The van der Waals surface area contributed by atoms with E-state index in [4.69, 9.17) is 11.6 Å². The Labute approximate surface area is 133 Å². The number of hydrogen-bond donors (Lipinski definition) is 1. The summed E-state index contributed by atoms with van der Waals surface area (Å²) in [6.45, 7) is 3.13. The molecule has 4 heteroatoms. The van der Waals surface area contributed by atoms with Crippen molar-refractivity contribution in [2.24, 2.45) is 0 Å². The van der Waals surface area contributed by atoms with Crippen LogP contribution < -0.4 is 10.2 Å². The van der Waals surface area contributed by atoms with Gasteiger partial charge < -0.3 is 15.1 Å². The second kappa shape index (κ2) is 6.55. The maximum absolute atomic E-state index is 6.47. The lowest BCUT2D eigenvalue weighted by Crippen LogP contribution is -2.45. The van der Waals surface area contributed by atoms with Gasteiger partial charge in [0, 0.05) is 48.0 Å². The van der Waals surface area contributed by atoms with E-state index in [1.54, 1.807) is 0 Å². The molecule has 3 nitrogen and oxygen atoms in total. The van der Waals surface area contributed by atoms with Crippen LogP contribution in [-0.4, -0.2) is 44.2 Å². The van der Waals surface area contributed by atoms with E-state index in [-0.39, 0.29) is 0 Å². The minimum Gasteiger partial charge on any atom is -0.370 e. The van der Waals surface area contributed by atoms with Crippen LogP contribution in [0.15, 0.2) is 18.2 Å². The number of halogens is 1. The summed E-state index contributed by atoms with van der Waals surface area (Å²) in [5, 5.41) is 4.50. The Morgan fingerprint density at radius 1 is 1.29 bits per heavy atom. The van der Waals surface area contributed by atoms with E-state index < -0.39 is 0 Å². The first-order valence-corrected chi connectivity index (χ1v) is 8.45. The summed E-state index contributed by atoms with van der Waals surface area (Å²) in [5.74, 6) is 0. The second-order valence-electron chi connectivity index (χ2n) is 6.60. The van der Waals surface area contributed by atoms with E-state index in [0.717, 1.165) is 24.7 Å². The van der Waals surface area contributed by atoms with E-state index in [0.29, 0.717) is 12.1 Å². The van der Waals surface area contributed by atoms with Crippen molar-refractivity contribution < 1.29 is 0 Å². The number of hydrogen-bond acceptors (Lipinski definition) is 3. The third-order valence-corrected chi connectivity index (χ3v) is 5.06. The van der Waals surface area contributed by atoms with Crippen molar-refractivity contribution in [1.82, 2.24) is 10.2 Å². The largest absolute Gasteiger partial charge is 0.370 e. The van der Waals surface area contributed by atoms with Gasteiger partial charge >= 0.3 is 0 Å². The van der Waals surface area contributed by atoms with Gasteiger partial charge in [0.05, 0.1) is 0 Å². The zero-order valence-electron chi connectivity index (χ0n) is 13.1. The quantitative estimate of drug-likeness (QED) is 0.901. The van der Waals surface area contributed by atoms with Crippen LogP contribution in [0, 0.1) is 0 Å². The van der Waals surface area contributed by atoms with Gasteiger partial charge in [-0.2, -0.15) is 0 Å². The first-order valence-electron chi connectivity index (χ1n) is 8.07. The molecule has 0 bridgehead atoms. The summed E-state index contributed by atoms with van der Waals surface area (Å²) in [4.78, 5) is 4.86. The van der Waals surface area contributed by atoms with E-state index in [1.807, 2.05) is 6.07 Å². The lowest BCUT2D eigenvalue weighted by molar-refractivity contribution is 0.258. The van der Waals surface area contributed by atoms with Gasteiger partial charge in [0.2, 0.25) is 0 Å². The molecule has 1 aromatic carbocycles. The molecule has 1 N–H and O–H groups in total. The molecule has 0 amide bonds. The van der Waals surface area contributed by atoms with Gasteiger partial charge in [-0.05, 0) is 51.9 Å². The Hall–Kier alpha value is -0.770. The molecule has 1 unspecified atom stereocenters. The lowest BCUT2D eigenvalue weighted by atomic mass is 10.0. The number of benzene rings is 1. The van der Waals surface area contributed by atoms with Crippen LogP contribution in [0.1, 0.15) is 31.2 Å². The van der Waals surface area contributed by atoms with Crippen molar-refractivity contribution in [3.05, 3.63) is 28.8 Å². The van der Waals surface area contributed by atoms with Crippen molar-refractivity contribution in [2.75, 3.05) is 32.1 Å². The zero-order chi connectivity index (χ0) is 14.8. The monoisotopic (exact) mass is 307 g/mol. The van der Waals surface area contributed by atoms with Gasteiger partial charge in [0.15, 0.2) is 0 Å². The highest BCUT2D eigenvalue weighted by atomic mass is 35.5. The van der Waals surface area contributed by atoms with Crippen LogP contribution in [0.25, 0.3) is 0 Å². The van der Waals surface area contributed by atoms with E-state index in [1.165, 1.54) is 36.9 Å². The molecule has 1 saturated carbocycles. The minimum atomic E-state index is 0.641. The maximum Gasteiger partial charge on any atom is 0.0471 e. The van der Waals surface area contributed by atoms with Crippen LogP contribution in [0.3, 0.4) is 0 Å². The fourth-order valence-corrected chi connectivity index (χ4v) is 3.38. The Balaban J connectivity index is 1.77. The molecule has 1 heterocycles. The van der Waals surface area contributed by atoms with Crippen molar-refractivity contribution >= 4 is 17.3 Å². The van der Waals surface area contributed by atoms with Crippen LogP contribution in [-0.2, 0) is 6.54 Å². The van der Waals surface area contributed by atoms with Crippen molar-refractivity contribution in [1.29, 1.82) is 0 Å². The topological polar surface area (TPSA) is 18.5 Å². The predicted octanol–water partition coefficient (Wildman–Crippen LogP) is 3.12. The maximum atomic E-state index is 6.47. The molecular weight excluding hydrogens is 282 g/mol. The van der Waals surface area contributed by atoms with Gasteiger partial charge in [-0.1, -0.05) is 17.7 Å². The molecule has 21 heavy (non-hydrogen) atoms. The highest BCUT2D eigenvalue weighted by molar-refractivity contribution is 6.31. The van der Waals surface area contributed by atoms with E-state index in [9.17, 15) is 0 Å². The molecule has 116 valence electrons. The minimum absolute atomic E-state index is 0.641. The average Bonchev–Trinajstić information content (AvgIpc) is 3.30. The first-order chi connectivity index (χ1) is 10.1. The van der Waals surface area contributed by atoms with Crippen molar-refractivity contribution in [3.8, 4) is 0 Å². The lowest BCUT2D eigenvalue weighted by Gasteiger charge is -2.38. The third-order valence-electron chi connectivity index (χ3n) is 4.71. The summed E-state index contributed by atoms with van der Waals surface area (Å²) in [6.07, 6.45) is 5.17. The van der Waals surface area contributed by atoms with Crippen molar-refractivity contribution in [3.63, 3.8) is 0 Å².